The van der Waals surface area contributed by atoms with Crippen LogP contribution in [0.3, 0.4) is 0 Å². The van der Waals surface area contributed by atoms with Crippen LogP contribution in [0.25, 0.3) is 0 Å². The standard InChI is InChI=1S/C17H25FN2O3/c1-16(2,3)23-15(22)20-17(4,5)11-19-14(21)10-12-8-6-7-9-13(12)18/h6-9H,10-11H2,1-5H3,(H,19,21)(H,20,22). The number of nitrogens with one attached hydrogen (secondary N) is 2. The third-order valence-electron chi connectivity index (χ3n) is 2.88. The quantitative estimate of drug-likeness (QED) is 0.875. The van der Waals surface area contributed by atoms with Crippen LogP contribution in [0.5, 0.6) is 0 Å². The molecule has 0 fully saturated rings. The highest BCUT2D eigenvalue weighted by atomic mass is 19.1. The Morgan fingerprint density at radius 1 is 1.13 bits per heavy atom. The van der Waals surface area contributed by atoms with Crippen molar-refractivity contribution in [2.45, 2.75) is 52.2 Å². The second-order valence-corrected chi connectivity index (χ2v) is 7.06. The Balaban J connectivity index is 2.47. The lowest BCUT2D eigenvalue weighted by Crippen LogP contribution is -2.52. The fourth-order valence-corrected chi connectivity index (χ4v) is 1.82. The van der Waals surface area contributed by atoms with E-state index in [0.717, 1.165) is 0 Å². The summed E-state index contributed by atoms with van der Waals surface area (Å²) in [5.74, 6) is -0.719. The molecule has 5 nitrogen and oxygen atoms in total. The van der Waals surface area contributed by atoms with Gasteiger partial charge in [-0.05, 0) is 46.2 Å². The lowest BCUT2D eigenvalue weighted by molar-refractivity contribution is -0.120. The van der Waals surface area contributed by atoms with E-state index in [0.29, 0.717) is 5.56 Å². The van der Waals surface area contributed by atoms with Gasteiger partial charge in [0.2, 0.25) is 5.91 Å². The summed E-state index contributed by atoms with van der Waals surface area (Å²) < 4.78 is 18.7. The van der Waals surface area contributed by atoms with Gasteiger partial charge in [0.05, 0.1) is 12.0 Å². The minimum Gasteiger partial charge on any atom is -0.444 e. The van der Waals surface area contributed by atoms with Crippen LogP contribution in [0.1, 0.15) is 40.2 Å². The van der Waals surface area contributed by atoms with Gasteiger partial charge in [-0.1, -0.05) is 18.2 Å². The molecular formula is C17H25FN2O3. The number of hydrogen-bond acceptors (Lipinski definition) is 3. The second-order valence-electron chi connectivity index (χ2n) is 7.06. The normalized spacial score (nSPS) is 11.7. The van der Waals surface area contributed by atoms with Gasteiger partial charge >= 0.3 is 6.09 Å². The van der Waals surface area contributed by atoms with E-state index in [1.54, 1.807) is 52.8 Å². The Morgan fingerprint density at radius 2 is 1.74 bits per heavy atom. The lowest BCUT2D eigenvalue weighted by atomic mass is 10.1. The van der Waals surface area contributed by atoms with E-state index in [-0.39, 0.29) is 18.9 Å². The van der Waals surface area contributed by atoms with Gasteiger partial charge < -0.3 is 15.4 Å². The number of alkyl carbamates (subject to hydrolysis) is 1. The van der Waals surface area contributed by atoms with E-state index in [9.17, 15) is 14.0 Å². The second kappa shape index (κ2) is 7.44. The van der Waals surface area contributed by atoms with E-state index in [4.69, 9.17) is 4.74 Å². The summed E-state index contributed by atoms with van der Waals surface area (Å²) >= 11 is 0. The number of carbonyl (C=O) groups excluding carboxylic acids is 2. The molecule has 0 aliphatic heterocycles. The molecule has 0 aliphatic rings. The van der Waals surface area contributed by atoms with E-state index < -0.39 is 23.1 Å². The minimum atomic E-state index is -0.687. The Bertz CT molecular complexity index is 565. The first-order valence-electron chi connectivity index (χ1n) is 7.50. The summed E-state index contributed by atoms with van der Waals surface area (Å²) in [6, 6.07) is 6.14. The largest absolute Gasteiger partial charge is 0.444 e. The highest BCUT2D eigenvalue weighted by Crippen LogP contribution is 2.10. The number of halogens is 1. The van der Waals surface area contributed by atoms with Gasteiger partial charge in [-0.2, -0.15) is 0 Å². The van der Waals surface area contributed by atoms with Crippen LogP contribution in [-0.2, 0) is 16.0 Å². The van der Waals surface area contributed by atoms with E-state index >= 15 is 0 Å². The van der Waals surface area contributed by atoms with E-state index in [1.807, 2.05) is 0 Å². The number of amides is 2. The smallest absolute Gasteiger partial charge is 0.408 e. The van der Waals surface area contributed by atoms with E-state index in [2.05, 4.69) is 10.6 Å². The van der Waals surface area contributed by atoms with Crippen LogP contribution in [0.4, 0.5) is 9.18 Å². The van der Waals surface area contributed by atoms with Gasteiger partial charge in [0, 0.05) is 6.54 Å². The number of carbonyl (C=O) groups is 2. The number of rotatable bonds is 5. The Kier molecular flexibility index (Phi) is 6.12. The van der Waals surface area contributed by atoms with Crippen molar-refractivity contribution in [3.05, 3.63) is 35.6 Å². The molecule has 0 unspecified atom stereocenters. The topological polar surface area (TPSA) is 67.4 Å². The molecule has 0 bridgehead atoms. The highest BCUT2D eigenvalue weighted by molar-refractivity contribution is 5.78. The molecule has 1 aromatic carbocycles. The molecule has 23 heavy (non-hydrogen) atoms. The van der Waals surface area contributed by atoms with E-state index in [1.165, 1.54) is 6.07 Å². The van der Waals surface area contributed by atoms with Crippen molar-refractivity contribution in [2.75, 3.05) is 6.54 Å². The fraction of sp³-hybridized carbons (Fsp3) is 0.529. The maximum Gasteiger partial charge on any atom is 0.408 e. The van der Waals surface area contributed by atoms with Crippen molar-refractivity contribution in [2.24, 2.45) is 0 Å². The maximum atomic E-state index is 13.5. The summed E-state index contributed by atoms with van der Waals surface area (Å²) in [5.41, 5.74) is -0.940. The van der Waals surface area contributed by atoms with Gasteiger partial charge in [-0.25, -0.2) is 9.18 Å². The molecule has 0 heterocycles. The number of benzene rings is 1. The number of ether oxygens (including phenoxy) is 1. The molecule has 1 aromatic rings. The van der Waals surface area contributed by atoms with Gasteiger partial charge in [0.25, 0.3) is 0 Å². The van der Waals surface area contributed by atoms with Crippen LogP contribution in [0, 0.1) is 5.82 Å². The van der Waals surface area contributed by atoms with Crippen LogP contribution < -0.4 is 10.6 Å². The molecular weight excluding hydrogens is 299 g/mol. The zero-order chi connectivity index (χ0) is 17.7. The first-order valence-corrected chi connectivity index (χ1v) is 7.50. The molecule has 6 heteroatoms. The Hall–Kier alpha value is -2.11. The van der Waals surface area contributed by atoms with Crippen LogP contribution in [0.15, 0.2) is 24.3 Å². The van der Waals surface area contributed by atoms with Crippen molar-refractivity contribution < 1.29 is 18.7 Å². The zero-order valence-electron chi connectivity index (χ0n) is 14.3. The first-order chi connectivity index (χ1) is 10.5. The van der Waals surface area contributed by atoms with Crippen molar-refractivity contribution in [1.29, 1.82) is 0 Å². The fourth-order valence-electron chi connectivity index (χ4n) is 1.82. The third-order valence-corrected chi connectivity index (χ3v) is 2.88. The monoisotopic (exact) mass is 324 g/mol. The Labute approximate surface area is 136 Å². The molecule has 1 rings (SSSR count). The molecule has 0 saturated heterocycles. The lowest BCUT2D eigenvalue weighted by Gasteiger charge is -2.28. The third kappa shape index (κ3) is 7.63. The van der Waals surface area contributed by atoms with Crippen molar-refractivity contribution in [3.8, 4) is 0 Å². The molecule has 0 atom stereocenters. The van der Waals surface area contributed by atoms with Crippen molar-refractivity contribution in [3.63, 3.8) is 0 Å². The van der Waals surface area contributed by atoms with Gasteiger partial charge in [0.15, 0.2) is 0 Å². The molecule has 0 saturated carbocycles. The summed E-state index contributed by atoms with van der Waals surface area (Å²) in [6.07, 6.45) is -0.597. The predicted molar refractivity (Wildman–Crippen MR) is 86.6 cm³/mol. The molecule has 0 aromatic heterocycles. The molecule has 0 aliphatic carbocycles. The van der Waals surface area contributed by atoms with Gasteiger partial charge in [-0.3, -0.25) is 4.79 Å². The summed E-state index contributed by atoms with van der Waals surface area (Å²) in [5, 5.41) is 5.38. The van der Waals surface area contributed by atoms with Gasteiger partial charge in [0.1, 0.15) is 11.4 Å². The molecule has 128 valence electrons. The average Bonchev–Trinajstić information content (AvgIpc) is 2.36. The number of hydrogen-bond donors (Lipinski definition) is 2. The maximum absolute atomic E-state index is 13.5. The summed E-state index contributed by atoms with van der Waals surface area (Å²) in [6.45, 7) is 9.06. The Morgan fingerprint density at radius 3 is 2.30 bits per heavy atom. The summed E-state index contributed by atoms with van der Waals surface area (Å²) in [4.78, 5) is 23.7. The first kappa shape index (κ1) is 18.9. The molecule has 0 radical (unpaired) electrons. The SMILES string of the molecule is CC(C)(CNC(=O)Cc1ccccc1F)NC(=O)OC(C)(C)C. The molecule has 2 N–H and O–H groups in total. The highest BCUT2D eigenvalue weighted by Gasteiger charge is 2.25. The molecule has 0 spiro atoms. The van der Waals surface area contributed by atoms with Crippen molar-refractivity contribution >= 4 is 12.0 Å². The average molecular weight is 324 g/mol. The van der Waals surface area contributed by atoms with Gasteiger partial charge in [-0.15, -0.1) is 0 Å². The molecule has 2 amide bonds. The minimum absolute atomic E-state index is 0.0464. The zero-order valence-corrected chi connectivity index (χ0v) is 14.3. The summed E-state index contributed by atoms with van der Waals surface area (Å²) in [7, 11) is 0. The van der Waals surface area contributed by atoms with Crippen LogP contribution >= 0.6 is 0 Å². The van der Waals surface area contributed by atoms with Crippen molar-refractivity contribution in [1.82, 2.24) is 10.6 Å². The predicted octanol–water partition coefficient (Wildman–Crippen LogP) is 2.79. The van der Waals surface area contributed by atoms with Crippen LogP contribution in [0.2, 0.25) is 0 Å². The van der Waals surface area contributed by atoms with Crippen LogP contribution in [-0.4, -0.2) is 29.7 Å².